The van der Waals surface area contributed by atoms with E-state index in [1.807, 2.05) is 13.8 Å². The third-order valence-corrected chi connectivity index (χ3v) is 5.84. The van der Waals surface area contributed by atoms with Gasteiger partial charge in [0.2, 0.25) is 0 Å². The van der Waals surface area contributed by atoms with Crippen LogP contribution in [0, 0.1) is 6.92 Å². The molecule has 1 aliphatic carbocycles. The standard InChI is InChI=1S/C20H28N4O5S/c1-6-28-10-9-23-17-15(16(25)24(19(23)27)13-7-8-13)12(2)14(30-17)11-21-22-18(26)29-20(3,4)5/h11,13H,6-10H2,1-5H3,(H,22,26)/b21-11+. The van der Waals surface area contributed by atoms with E-state index in [-0.39, 0.29) is 17.3 Å². The Bertz CT molecular complexity index is 1090. The van der Waals surface area contributed by atoms with E-state index < -0.39 is 11.7 Å². The van der Waals surface area contributed by atoms with Crippen LogP contribution in [0.4, 0.5) is 4.79 Å². The summed E-state index contributed by atoms with van der Waals surface area (Å²) in [4.78, 5) is 39.1. The van der Waals surface area contributed by atoms with Crippen molar-refractivity contribution in [1.82, 2.24) is 14.6 Å². The number of hydrogen-bond donors (Lipinski definition) is 1. The number of thiophene rings is 1. The van der Waals surface area contributed by atoms with Gasteiger partial charge in [-0.1, -0.05) is 0 Å². The van der Waals surface area contributed by atoms with E-state index >= 15 is 0 Å². The monoisotopic (exact) mass is 436 g/mol. The molecule has 0 atom stereocenters. The van der Waals surface area contributed by atoms with Crippen molar-refractivity contribution in [2.45, 2.75) is 65.6 Å². The molecule has 1 N–H and O–H groups in total. The van der Waals surface area contributed by atoms with Crippen molar-refractivity contribution in [3.63, 3.8) is 0 Å². The average molecular weight is 437 g/mol. The van der Waals surface area contributed by atoms with Crippen LogP contribution in [0.2, 0.25) is 0 Å². The largest absolute Gasteiger partial charge is 0.443 e. The number of nitrogens with one attached hydrogen (secondary N) is 1. The molecule has 2 aromatic heterocycles. The van der Waals surface area contributed by atoms with Gasteiger partial charge in [-0.05, 0) is 53.0 Å². The Balaban J connectivity index is 1.99. The number of ether oxygens (including phenoxy) is 2. The zero-order valence-electron chi connectivity index (χ0n) is 18.0. The predicted molar refractivity (Wildman–Crippen MR) is 117 cm³/mol. The van der Waals surface area contributed by atoms with Gasteiger partial charge in [-0.15, -0.1) is 11.3 Å². The maximum absolute atomic E-state index is 13.1. The maximum Gasteiger partial charge on any atom is 0.428 e. The number of fused-ring (bicyclic) bond motifs is 1. The molecule has 1 saturated carbocycles. The first-order valence-corrected chi connectivity index (χ1v) is 10.8. The second-order valence-electron chi connectivity index (χ2n) is 8.18. The van der Waals surface area contributed by atoms with Gasteiger partial charge in [0.05, 0.1) is 29.6 Å². The number of carbonyl (C=O) groups is 1. The van der Waals surface area contributed by atoms with Crippen molar-refractivity contribution < 1.29 is 14.3 Å². The lowest BCUT2D eigenvalue weighted by Crippen LogP contribution is -2.39. The first-order chi connectivity index (χ1) is 14.1. The summed E-state index contributed by atoms with van der Waals surface area (Å²) >= 11 is 1.30. The molecule has 0 spiro atoms. The second-order valence-corrected chi connectivity index (χ2v) is 9.21. The minimum absolute atomic E-state index is 0.0296. The number of rotatable bonds is 7. The van der Waals surface area contributed by atoms with Crippen molar-refractivity contribution >= 4 is 33.9 Å². The van der Waals surface area contributed by atoms with Gasteiger partial charge in [0.1, 0.15) is 10.4 Å². The molecule has 0 radical (unpaired) electrons. The zero-order valence-corrected chi connectivity index (χ0v) is 18.8. The molecule has 0 aromatic carbocycles. The van der Waals surface area contributed by atoms with Gasteiger partial charge in [0.25, 0.3) is 5.56 Å². The molecule has 10 heteroatoms. The zero-order chi connectivity index (χ0) is 22.1. The van der Waals surface area contributed by atoms with Crippen molar-refractivity contribution in [3.8, 4) is 0 Å². The lowest BCUT2D eigenvalue weighted by Gasteiger charge is -2.18. The number of aromatic nitrogens is 2. The summed E-state index contributed by atoms with van der Waals surface area (Å²) in [6.07, 6.45) is 2.48. The Morgan fingerprint density at radius 3 is 2.63 bits per heavy atom. The maximum atomic E-state index is 13.1. The van der Waals surface area contributed by atoms with Gasteiger partial charge < -0.3 is 9.47 Å². The van der Waals surface area contributed by atoms with Crippen LogP contribution in [-0.4, -0.2) is 40.3 Å². The molecular formula is C20H28N4O5S. The van der Waals surface area contributed by atoms with E-state index in [2.05, 4.69) is 10.5 Å². The van der Waals surface area contributed by atoms with E-state index in [0.717, 1.165) is 18.4 Å². The van der Waals surface area contributed by atoms with Crippen LogP contribution in [0.5, 0.6) is 0 Å². The number of nitrogens with zero attached hydrogens (tertiary/aromatic N) is 3. The van der Waals surface area contributed by atoms with Crippen LogP contribution in [0.3, 0.4) is 0 Å². The smallest absolute Gasteiger partial charge is 0.428 e. The Hall–Kier alpha value is -2.46. The van der Waals surface area contributed by atoms with Crippen molar-refractivity contribution in [3.05, 3.63) is 31.3 Å². The fourth-order valence-corrected chi connectivity index (χ4v) is 4.29. The van der Waals surface area contributed by atoms with Crippen molar-refractivity contribution in [2.24, 2.45) is 5.10 Å². The number of carbonyl (C=O) groups excluding carboxylic acids is 1. The van der Waals surface area contributed by atoms with Crippen LogP contribution < -0.4 is 16.7 Å². The summed E-state index contributed by atoms with van der Waals surface area (Å²) < 4.78 is 13.6. The highest BCUT2D eigenvalue weighted by atomic mass is 32.1. The predicted octanol–water partition coefficient (Wildman–Crippen LogP) is 2.76. The third-order valence-electron chi connectivity index (χ3n) is 4.59. The lowest BCUT2D eigenvalue weighted by atomic mass is 10.2. The average Bonchev–Trinajstić information content (AvgIpc) is 3.41. The molecule has 0 bridgehead atoms. The minimum atomic E-state index is -0.665. The normalized spacial score (nSPS) is 14.6. The number of hydrazone groups is 1. The quantitative estimate of drug-likeness (QED) is 0.408. The van der Waals surface area contributed by atoms with E-state index in [0.29, 0.717) is 34.9 Å². The van der Waals surface area contributed by atoms with Gasteiger partial charge in [-0.2, -0.15) is 5.10 Å². The highest BCUT2D eigenvalue weighted by Crippen LogP contribution is 2.34. The van der Waals surface area contributed by atoms with Gasteiger partial charge in [-0.25, -0.2) is 15.0 Å². The Kier molecular flexibility index (Phi) is 6.47. The molecule has 30 heavy (non-hydrogen) atoms. The van der Waals surface area contributed by atoms with Crippen LogP contribution in [0.25, 0.3) is 10.2 Å². The lowest BCUT2D eigenvalue weighted by molar-refractivity contribution is 0.0529. The van der Waals surface area contributed by atoms with E-state index in [1.54, 1.807) is 25.3 Å². The third kappa shape index (κ3) is 4.81. The highest BCUT2D eigenvalue weighted by molar-refractivity contribution is 7.20. The summed E-state index contributed by atoms with van der Waals surface area (Å²) in [6, 6.07) is -0.0296. The van der Waals surface area contributed by atoms with Crippen LogP contribution in [-0.2, 0) is 16.0 Å². The molecule has 1 aliphatic rings. The molecular weight excluding hydrogens is 408 g/mol. The van der Waals surface area contributed by atoms with Gasteiger partial charge in [0, 0.05) is 12.6 Å². The number of amides is 1. The molecule has 2 heterocycles. The Morgan fingerprint density at radius 1 is 1.33 bits per heavy atom. The van der Waals surface area contributed by atoms with Crippen LogP contribution in [0.15, 0.2) is 14.7 Å². The fraction of sp³-hybridized carbons (Fsp3) is 0.600. The number of aryl methyl sites for hydroxylation is 1. The first kappa shape index (κ1) is 22.2. The Labute approximate surface area is 178 Å². The summed E-state index contributed by atoms with van der Waals surface area (Å²) in [6.45, 7) is 10.3. The van der Waals surface area contributed by atoms with E-state index in [1.165, 1.54) is 22.1 Å². The highest BCUT2D eigenvalue weighted by Gasteiger charge is 2.30. The molecule has 0 unspecified atom stereocenters. The van der Waals surface area contributed by atoms with Crippen LogP contribution in [0.1, 0.15) is 57.0 Å². The van der Waals surface area contributed by atoms with Crippen LogP contribution >= 0.6 is 11.3 Å². The first-order valence-electron chi connectivity index (χ1n) is 10.0. The molecule has 3 rings (SSSR count). The minimum Gasteiger partial charge on any atom is -0.443 e. The van der Waals surface area contributed by atoms with E-state index in [4.69, 9.17) is 9.47 Å². The molecule has 0 aliphatic heterocycles. The summed E-state index contributed by atoms with van der Waals surface area (Å²) in [7, 11) is 0. The van der Waals surface area contributed by atoms with E-state index in [9.17, 15) is 14.4 Å². The topological polar surface area (TPSA) is 104 Å². The summed E-state index contributed by atoms with van der Waals surface area (Å²) in [5.41, 5.74) is 1.86. The Morgan fingerprint density at radius 2 is 2.03 bits per heavy atom. The molecule has 164 valence electrons. The second kappa shape index (κ2) is 8.73. The molecule has 0 saturated heterocycles. The fourth-order valence-electron chi connectivity index (χ4n) is 3.10. The van der Waals surface area contributed by atoms with Gasteiger partial charge in [-0.3, -0.25) is 13.9 Å². The molecule has 2 aromatic rings. The van der Waals surface area contributed by atoms with Gasteiger partial charge >= 0.3 is 11.8 Å². The molecule has 9 nitrogen and oxygen atoms in total. The number of hydrogen-bond acceptors (Lipinski definition) is 7. The molecule has 1 fully saturated rings. The molecule has 1 amide bonds. The SMILES string of the molecule is CCOCCn1c(=O)n(C2CC2)c(=O)c2c(C)c(/C=N/NC(=O)OC(C)(C)C)sc21. The summed E-state index contributed by atoms with van der Waals surface area (Å²) in [5, 5.41) is 4.46. The van der Waals surface area contributed by atoms with Crippen molar-refractivity contribution in [1.29, 1.82) is 0 Å². The van der Waals surface area contributed by atoms with Gasteiger partial charge in [0.15, 0.2) is 0 Å². The van der Waals surface area contributed by atoms with Crippen molar-refractivity contribution in [2.75, 3.05) is 13.2 Å². The summed E-state index contributed by atoms with van der Waals surface area (Å²) in [5.74, 6) is 0.